The van der Waals surface area contributed by atoms with Gasteiger partial charge in [-0.15, -0.1) is 0 Å². The molecule has 0 heterocycles. The third-order valence-electron chi connectivity index (χ3n) is 3.58. The molecule has 1 rings (SSSR count). The van der Waals surface area contributed by atoms with Crippen LogP contribution in [0.1, 0.15) is 46.0 Å². The lowest BCUT2D eigenvalue weighted by Crippen LogP contribution is -2.43. The van der Waals surface area contributed by atoms with Crippen molar-refractivity contribution < 1.29 is 4.74 Å². The van der Waals surface area contributed by atoms with Gasteiger partial charge < -0.3 is 10.1 Å². The predicted molar refractivity (Wildman–Crippen MR) is 65.1 cm³/mol. The van der Waals surface area contributed by atoms with Crippen LogP contribution in [0.25, 0.3) is 0 Å². The minimum Gasteiger partial charge on any atom is -0.385 e. The lowest BCUT2D eigenvalue weighted by molar-refractivity contribution is 0.167. The first-order chi connectivity index (χ1) is 7.24. The summed E-state index contributed by atoms with van der Waals surface area (Å²) in [5.41, 5.74) is 0. The fourth-order valence-corrected chi connectivity index (χ4v) is 2.23. The Kier molecular flexibility index (Phi) is 6.26. The van der Waals surface area contributed by atoms with E-state index in [2.05, 4.69) is 19.2 Å². The third kappa shape index (κ3) is 4.98. The molecule has 0 atom stereocenters. The highest BCUT2D eigenvalue weighted by Crippen LogP contribution is 2.33. The van der Waals surface area contributed by atoms with Crippen LogP contribution in [0.5, 0.6) is 0 Å². The van der Waals surface area contributed by atoms with Crippen LogP contribution < -0.4 is 5.32 Å². The van der Waals surface area contributed by atoms with E-state index >= 15 is 0 Å². The number of ether oxygens (including phenoxy) is 1. The summed E-state index contributed by atoms with van der Waals surface area (Å²) in [5.74, 6) is 1.86. The Morgan fingerprint density at radius 3 is 2.53 bits per heavy atom. The third-order valence-corrected chi connectivity index (χ3v) is 3.58. The van der Waals surface area contributed by atoms with E-state index in [0.29, 0.717) is 0 Å². The number of methoxy groups -OCH3 is 1. The molecule has 2 nitrogen and oxygen atoms in total. The summed E-state index contributed by atoms with van der Waals surface area (Å²) in [5, 5.41) is 3.64. The Labute approximate surface area is 94.8 Å². The standard InChI is InChI=1S/C13H27NO/c1-11(2)12-9-13(10-12)14-7-5-4-6-8-15-3/h11-14H,4-10H2,1-3H3. The molecule has 0 amide bonds. The Morgan fingerprint density at radius 2 is 1.93 bits per heavy atom. The maximum Gasteiger partial charge on any atom is 0.0462 e. The largest absolute Gasteiger partial charge is 0.385 e. The number of unbranched alkanes of at least 4 members (excludes halogenated alkanes) is 2. The van der Waals surface area contributed by atoms with E-state index in [1.54, 1.807) is 7.11 Å². The molecular weight excluding hydrogens is 186 g/mol. The highest BCUT2D eigenvalue weighted by molar-refractivity contribution is 4.86. The van der Waals surface area contributed by atoms with Crippen molar-refractivity contribution in [2.45, 2.75) is 52.0 Å². The van der Waals surface area contributed by atoms with Crippen LogP contribution in [0.4, 0.5) is 0 Å². The van der Waals surface area contributed by atoms with Gasteiger partial charge in [-0.2, -0.15) is 0 Å². The predicted octanol–water partition coefficient (Wildman–Crippen LogP) is 2.83. The van der Waals surface area contributed by atoms with E-state index in [4.69, 9.17) is 4.74 Å². The number of nitrogens with one attached hydrogen (secondary N) is 1. The molecular formula is C13H27NO. The summed E-state index contributed by atoms with van der Waals surface area (Å²) in [7, 11) is 1.78. The highest BCUT2D eigenvalue weighted by atomic mass is 16.5. The molecule has 2 heteroatoms. The SMILES string of the molecule is COCCCCCNC1CC(C(C)C)C1. The first-order valence-electron chi connectivity index (χ1n) is 6.46. The average molecular weight is 213 g/mol. The normalized spacial score (nSPS) is 25.6. The second-order valence-corrected chi connectivity index (χ2v) is 5.18. The van der Waals surface area contributed by atoms with E-state index < -0.39 is 0 Å². The maximum atomic E-state index is 5.02. The van der Waals surface area contributed by atoms with Crippen molar-refractivity contribution in [3.8, 4) is 0 Å². The molecule has 0 aromatic rings. The van der Waals surface area contributed by atoms with E-state index in [9.17, 15) is 0 Å². The molecule has 0 unspecified atom stereocenters. The summed E-state index contributed by atoms with van der Waals surface area (Å²) in [6.07, 6.45) is 6.59. The molecule has 0 saturated heterocycles. The van der Waals surface area contributed by atoms with Crippen molar-refractivity contribution in [3.05, 3.63) is 0 Å². The zero-order chi connectivity index (χ0) is 11.1. The van der Waals surface area contributed by atoms with Gasteiger partial charge in [-0.1, -0.05) is 13.8 Å². The lowest BCUT2D eigenvalue weighted by Gasteiger charge is -2.38. The fourth-order valence-electron chi connectivity index (χ4n) is 2.23. The van der Waals surface area contributed by atoms with E-state index in [1.807, 2.05) is 0 Å². The van der Waals surface area contributed by atoms with Gasteiger partial charge in [0.15, 0.2) is 0 Å². The minimum absolute atomic E-state index is 0.819. The molecule has 1 aliphatic carbocycles. The van der Waals surface area contributed by atoms with E-state index in [0.717, 1.165) is 24.5 Å². The van der Waals surface area contributed by atoms with Crippen LogP contribution >= 0.6 is 0 Å². The molecule has 1 aliphatic rings. The first-order valence-corrected chi connectivity index (χ1v) is 6.46. The number of hydrogen-bond donors (Lipinski definition) is 1. The smallest absolute Gasteiger partial charge is 0.0462 e. The van der Waals surface area contributed by atoms with Gasteiger partial charge in [0.25, 0.3) is 0 Å². The molecule has 0 aromatic carbocycles. The van der Waals surface area contributed by atoms with Crippen molar-refractivity contribution in [2.75, 3.05) is 20.3 Å². The van der Waals surface area contributed by atoms with Gasteiger partial charge in [0.1, 0.15) is 0 Å². The maximum absolute atomic E-state index is 5.02. The molecule has 90 valence electrons. The molecule has 0 bridgehead atoms. The fraction of sp³-hybridized carbons (Fsp3) is 1.00. The number of hydrogen-bond acceptors (Lipinski definition) is 2. The van der Waals surface area contributed by atoms with Crippen LogP contribution in [0.3, 0.4) is 0 Å². The summed E-state index contributed by atoms with van der Waals surface area (Å²) in [6, 6.07) is 0.819. The Morgan fingerprint density at radius 1 is 1.20 bits per heavy atom. The first kappa shape index (κ1) is 13.0. The Bertz CT molecular complexity index is 153. The van der Waals surface area contributed by atoms with Crippen LogP contribution in [-0.4, -0.2) is 26.3 Å². The van der Waals surface area contributed by atoms with Crippen molar-refractivity contribution in [1.82, 2.24) is 5.32 Å². The van der Waals surface area contributed by atoms with Crippen molar-refractivity contribution in [3.63, 3.8) is 0 Å². The van der Waals surface area contributed by atoms with Gasteiger partial charge in [0.2, 0.25) is 0 Å². The van der Waals surface area contributed by atoms with Crippen LogP contribution in [0.2, 0.25) is 0 Å². The molecule has 0 aliphatic heterocycles. The molecule has 0 radical (unpaired) electrons. The second-order valence-electron chi connectivity index (χ2n) is 5.18. The van der Waals surface area contributed by atoms with Crippen molar-refractivity contribution in [2.24, 2.45) is 11.8 Å². The van der Waals surface area contributed by atoms with Gasteiger partial charge >= 0.3 is 0 Å². The zero-order valence-electron chi connectivity index (χ0n) is 10.6. The lowest BCUT2D eigenvalue weighted by atomic mass is 9.74. The molecule has 0 spiro atoms. The van der Waals surface area contributed by atoms with Crippen LogP contribution in [0, 0.1) is 11.8 Å². The average Bonchev–Trinajstić information content (AvgIpc) is 2.12. The molecule has 1 saturated carbocycles. The summed E-state index contributed by atoms with van der Waals surface area (Å²) in [4.78, 5) is 0. The zero-order valence-corrected chi connectivity index (χ0v) is 10.6. The summed E-state index contributed by atoms with van der Waals surface area (Å²) < 4.78 is 5.02. The van der Waals surface area contributed by atoms with Crippen LogP contribution in [-0.2, 0) is 4.74 Å². The summed E-state index contributed by atoms with van der Waals surface area (Å²) >= 11 is 0. The van der Waals surface area contributed by atoms with Crippen molar-refractivity contribution in [1.29, 1.82) is 0 Å². The van der Waals surface area contributed by atoms with E-state index in [1.165, 1.54) is 38.6 Å². The Hall–Kier alpha value is -0.0800. The van der Waals surface area contributed by atoms with Gasteiger partial charge in [0, 0.05) is 19.8 Å². The topological polar surface area (TPSA) is 21.3 Å². The van der Waals surface area contributed by atoms with Gasteiger partial charge in [-0.05, 0) is 50.5 Å². The minimum atomic E-state index is 0.819. The highest BCUT2D eigenvalue weighted by Gasteiger charge is 2.30. The monoisotopic (exact) mass is 213 g/mol. The van der Waals surface area contributed by atoms with E-state index in [-0.39, 0.29) is 0 Å². The van der Waals surface area contributed by atoms with Gasteiger partial charge in [-0.25, -0.2) is 0 Å². The molecule has 0 aromatic heterocycles. The molecule has 1 N–H and O–H groups in total. The van der Waals surface area contributed by atoms with Gasteiger partial charge in [0.05, 0.1) is 0 Å². The quantitative estimate of drug-likeness (QED) is 0.626. The molecule has 15 heavy (non-hydrogen) atoms. The second kappa shape index (κ2) is 7.24. The summed E-state index contributed by atoms with van der Waals surface area (Å²) in [6.45, 7) is 6.79. The Balaban J connectivity index is 1.82. The van der Waals surface area contributed by atoms with Crippen LogP contribution in [0.15, 0.2) is 0 Å². The van der Waals surface area contributed by atoms with Crippen molar-refractivity contribution >= 4 is 0 Å². The van der Waals surface area contributed by atoms with Gasteiger partial charge in [-0.3, -0.25) is 0 Å². The molecule has 1 fully saturated rings. The number of rotatable bonds is 8.